The first-order valence-electron chi connectivity index (χ1n) is 8.84. The van der Waals surface area contributed by atoms with Gasteiger partial charge in [0.25, 0.3) is 5.56 Å². The summed E-state index contributed by atoms with van der Waals surface area (Å²) in [6.07, 6.45) is 5.26. The van der Waals surface area contributed by atoms with Gasteiger partial charge in [-0.15, -0.1) is 0 Å². The molecule has 0 aliphatic heterocycles. The van der Waals surface area contributed by atoms with Crippen LogP contribution in [0.5, 0.6) is 5.75 Å². The molecule has 0 aliphatic rings. The molecular weight excluding hydrogens is 357 g/mol. The predicted octanol–water partition coefficient (Wildman–Crippen LogP) is 4.00. The molecule has 1 N–H and O–H groups in total. The summed E-state index contributed by atoms with van der Waals surface area (Å²) in [6, 6.07) is 17.9. The molecule has 140 valence electrons. The van der Waals surface area contributed by atoms with Gasteiger partial charge in [-0.2, -0.15) is 0 Å². The van der Waals surface area contributed by atoms with E-state index in [1.807, 2.05) is 53.4 Å². The van der Waals surface area contributed by atoms with Crippen LogP contribution in [0.4, 0.5) is 4.39 Å². The summed E-state index contributed by atoms with van der Waals surface area (Å²) in [5.74, 6) is 0.449. The van der Waals surface area contributed by atoms with Crippen LogP contribution in [-0.4, -0.2) is 14.5 Å². The third-order valence-corrected chi connectivity index (χ3v) is 4.32. The van der Waals surface area contributed by atoms with Crippen molar-refractivity contribution >= 4 is 0 Å². The van der Waals surface area contributed by atoms with E-state index in [-0.39, 0.29) is 17.1 Å². The molecule has 28 heavy (non-hydrogen) atoms. The van der Waals surface area contributed by atoms with E-state index in [2.05, 4.69) is 9.97 Å². The molecule has 0 atom stereocenters. The Morgan fingerprint density at radius 1 is 1.00 bits per heavy atom. The van der Waals surface area contributed by atoms with Crippen LogP contribution in [0.1, 0.15) is 11.4 Å². The number of H-pyrrole nitrogens is 1. The van der Waals surface area contributed by atoms with Gasteiger partial charge >= 0.3 is 0 Å². The Balaban J connectivity index is 1.43. The van der Waals surface area contributed by atoms with Gasteiger partial charge in [0.1, 0.15) is 18.2 Å². The van der Waals surface area contributed by atoms with Crippen LogP contribution in [0.2, 0.25) is 0 Å². The van der Waals surface area contributed by atoms with Crippen molar-refractivity contribution in [2.24, 2.45) is 0 Å². The van der Waals surface area contributed by atoms with Crippen LogP contribution in [0.25, 0.3) is 11.1 Å². The van der Waals surface area contributed by atoms with Gasteiger partial charge in [0, 0.05) is 12.4 Å². The molecule has 0 saturated heterocycles. The first kappa shape index (κ1) is 17.7. The van der Waals surface area contributed by atoms with E-state index in [1.54, 1.807) is 12.1 Å². The standard InChI is InChI=1S/C22H18FN3O2/c23-19-8-6-17(7-9-19)18-10-11-26(13-18)14-21-24-12-20(22(27)25-21)28-15-16-4-2-1-3-5-16/h1-13H,14-15H2,(H,24,25,27). The second kappa shape index (κ2) is 7.92. The minimum atomic E-state index is -0.313. The maximum Gasteiger partial charge on any atom is 0.293 e. The highest BCUT2D eigenvalue weighted by Crippen LogP contribution is 2.20. The van der Waals surface area contributed by atoms with Crippen LogP contribution in [0, 0.1) is 5.82 Å². The Hall–Kier alpha value is -3.67. The SMILES string of the molecule is O=c1[nH]c(Cn2ccc(-c3ccc(F)cc3)c2)ncc1OCc1ccccc1. The van der Waals surface area contributed by atoms with Gasteiger partial charge in [0.05, 0.1) is 12.7 Å². The number of ether oxygens (including phenoxy) is 1. The molecule has 0 spiro atoms. The van der Waals surface area contributed by atoms with E-state index in [4.69, 9.17) is 4.74 Å². The van der Waals surface area contributed by atoms with E-state index in [1.165, 1.54) is 18.3 Å². The molecular formula is C22H18FN3O2. The quantitative estimate of drug-likeness (QED) is 0.554. The summed E-state index contributed by atoms with van der Waals surface area (Å²) in [7, 11) is 0. The lowest BCUT2D eigenvalue weighted by molar-refractivity contribution is 0.299. The highest BCUT2D eigenvalue weighted by atomic mass is 19.1. The fraction of sp³-hybridized carbons (Fsp3) is 0.0909. The number of aromatic amines is 1. The summed E-state index contributed by atoms with van der Waals surface area (Å²) in [5, 5.41) is 0. The molecule has 2 aromatic heterocycles. The van der Waals surface area contributed by atoms with Crippen LogP contribution < -0.4 is 10.3 Å². The summed E-state index contributed by atoms with van der Waals surface area (Å²) < 4.78 is 20.5. The first-order valence-corrected chi connectivity index (χ1v) is 8.84. The van der Waals surface area contributed by atoms with Crippen molar-refractivity contribution in [2.75, 3.05) is 0 Å². The van der Waals surface area contributed by atoms with Gasteiger partial charge in [-0.25, -0.2) is 9.37 Å². The van der Waals surface area contributed by atoms with Crippen molar-refractivity contribution in [3.63, 3.8) is 0 Å². The molecule has 6 heteroatoms. The number of hydrogen-bond acceptors (Lipinski definition) is 3. The van der Waals surface area contributed by atoms with Crippen LogP contribution >= 0.6 is 0 Å². The number of halogens is 1. The van der Waals surface area contributed by atoms with Crippen LogP contribution in [0.15, 0.2) is 84.0 Å². The Morgan fingerprint density at radius 2 is 1.79 bits per heavy atom. The van der Waals surface area contributed by atoms with Crippen molar-refractivity contribution in [1.82, 2.24) is 14.5 Å². The number of nitrogens with zero attached hydrogens (tertiary/aromatic N) is 2. The fourth-order valence-corrected chi connectivity index (χ4v) is 2.86. The highest BCUT2D eigenvalue weighted by Gasteiger charge is 2.06. The zero-order valence-corrected chi connectivity index (χ0v) is 15.0. The molecule has 0 bridgehead atoms. The lowest BCUT2D eigenvalue weighted by Gasteiger charge is -2.07. The third kappa shape index (κ3) is 4.17. The number of rotatable bonds is 6. The number of aromatic nitrogens is 3. The molecule has 4 aromatic rings. The Morgan fingerprint density at radius 3 is 2.54 bits per heavy atom. The predicted molar refractivity (Wildman–Crippen MR) is 105 cm³/mol. The van der Waals surface area contributed by atoms with Crippen molar-refractivity contribution in [3.8, 4) is 16.9 Å². The van der Waals surface area contributed by atoms with E-state index in [0.29, 0.717) is 19.0 Å². The van der Waals surface area contributed by atoms with Crippen molar-refractivity contribution < 1.29 is 9.13 Å². The molecule has 5 nitrogen and oxygen atoms in total. The zero-order chi connectivity index (χ0) is 19.3. The summed E-state index contributed by atoms with van der Waals surface area (Å²) >= 11 is 0. The fourth-order valence-electron chi connectivity index (χ4n) is 2.86. The lowest BCUT2D eigenvalue weighted by Crippen LogP contribution is -2.16. The largest absolute Gasteiger partial charge is 0.482 e. The zero-order valence-electron chi connectivity index (χ0n) is 15.0. The maximum atomic E-state index is 13.1. The average molecular weight is 375 g/mol. The van der Waals surface area contributed by atoms with E-state index >= 15 is 0 Å². The lowest BCUT2D eigenvalue weighted by atomic mass is 10.1. The number of benzene rings is 2. The molecule has 0 fully saturated rings. The minimum Gasteiger partial charge on any atom is -0.482 e. The molecule has 0 amide bonds. The third-order valence-electron chi connectivity index (χ3n) is 4.32. The topological polar surface area (TPSA) is 59.9 Å². The van der Waals surface area contributed by atoms with Gasteiger partial charge in [-0.1, -0.05) is 42.5 Å². The van der Waals surface area contributed by atoms with Gasteiger partial charge in [-0.05, 0) is 34.9 Å². The molecule has 0 saturated carbocycles. The van der Waals surface area contributed by atoms with Gasteiger partial charge in [0.2, 0.25) is 5.75 Å². The molecule has 4 rings (SSSR count). The van der Waals surface area contributed by atoms with Crippen molar-refractivity contribution in [2.45, 2.75) is 13.2 Å². The Labute approximate surface area is 161 Å². The molecule has 0 unspecified atom stereocenters. The van der Waals surface area contributed by atoms with Gasteiger partial charge in [-0.3, -0.25) is 4.79 Å². The summed E-state index contributed by atoms with van der Waals surface area (Å²) in [4.78, 5) is 19.3. The Bertz CT molecular complexity index is 1120. The van der Waals surface area contributed by atoms with E-state index in [9.17, 15) is 9.18 Å². The van der Waals surface area contributed by atoms with Crippen molar-refractivity contribution in [1.29, 1.82) is 0 Å². The highest BCUT2D eigenvalue weighted by molar-refractivity contribution is 5.62. The van der Waals surface area contributed by atoms with Gasteiger partial charge in [0.15, 0.2) is 0 Å². The van der Waals surface area contributed by atoms with Crippen LogP contribution in [-0.2, 0) is 13.2 Å². The molecule has 0 aliphatic carbocycles. The van der Waals surface area contributed by atoms with E-state index in [0.717, 1.165) is 16.7 Å². The molecule has 2 aromatic carbocycles. The first-order chi connectivity index (χ1) is 13.7. The average Bonchev–Trinajstić information content (AvgIpc) is 3.17. The van der Waals surface area contributed by atoms with Crippen molar-refractivity contribution in [3.05, 3.63) is 107 Å². The summed E-state index contributed by atoms with van der Waals surface area (Å²) in [6.45, 7) is 0.721. The normalized spacial score (nSPS) is 10.8. The van der Waals surface area contributed by atoms with Gasteiger partial charge < -0.3 is 14.3 Å². The van der Waals surface area contributed by atoms with E-state index < -0.39 is 0 Å². The smallest absolute Gasteiger partial charge is 0.293 e. The molecule has 0 radical (unpaired) electrons. The van der Waals surface area contributed by atoms with Crippen LogP contribution in [0.3, 0.4) is 0 Å². The summed E-state index contributed by atoms with van der Waals surface area (Å²) in [5.41, 5.74) is 2.55. The number of hydrogen-bond donors (Lipinski definition) is 1. The maximum absolute atomic E-state index is 13.1. The second-order valence-electron chi connectivity index (χ2n) is 6.38. The Kier molecular flexibility index (Phi) is 5.01. The minimum absolute atomic E-state index is 0.187. The molecule has 2 heterocycles. The monoisotopic (exact) mass is 375 g/mol. The number of nitrogens with one attached hydrogen (secondary N) is 1. The second-order valence-corrected chi connectivity index (χ2v) is 6.38.